The van der Waals surface area contributed by atoms with Crippen LogP contribution in [0.4, 0.5) is 0 Å². The van der Waals surface area contributed by atoms with Crippen LogP contribution in [0, 0.1) is 0 Å². The van der Waals surface area contributed by atoms with E-state index in [0.717, 1.165) is 22.4 Å². The second kappa shape index (κ2) is 5.98. The van der Waals surface area contributed by atoms with Gasteiger partial charge in [0.25, 0.3) is 0 Å². The Bertz CT molecular complexity index is 782. The normalized spacial score (nSPS) is 14.4. The van der Waals surface area contributed by atoms with Crippen LogP contribution in [0.3, 0.4) is 0 Å². The third-order valence-corrected chi connectivity index (χ3v) is 5.39. The van der Waals surface area contributed by atoms with Gasteiger partial charge in [0.2, 0.25) is 0 Å². The van der Waals surface area contributed by atoms with Crippen molar-refractivity contribution in [2.75, 3.05) is 0 Å². The first-order valence-corrected chi connectivity index (χ1v) is 9.07. The molecular formula is C14H12ClN5S2. The van der Waals surface area contributed by atoms with Crippen LogP contribution in [0.1, 0.15) is 30.3 Å². The van der Waals surface area contributed by atoms with Crippen molar-refractivity contribution in [1.29, 1.82) is 0 Å². The predicted molar refractivity (Wildman–Crippen MR) is 87.8 cm³/mol. The van der Waals surface area contributed by atoms with Gasteiger partial charge in [-0.1, -0.05) is 46.1 Å². The monoisotopic (exact) mass is 349 g/mol. The van der Waals surface area contributed by atoms with Gasteiger partial charge in [0, 0.05) is 28.9 Å². The SMILES string of the molecule is Clc1snnc1CSc1nnc(C2CC2)n1-c1ccccc1. The van der Waals surface area contributed by atoms with E-state index in [0.29, 0.717) is 16.0 Å². The Morgan fingerprint density at radius 2 is 2.00 bits per heavy atom. The molecule has 112 valence electrons. The van der Waals surface area contributed by atoms with Gasteiger partial charge in [0.05, 0.1) is 0 Å². The van der Waals surface area contributed by atoms with Crippen molar-refractivity contribution in [2.24, 2.45) is 0 Å². The van der Waals surface area contributed by atoms with E-state index in [-0.39, 0.29) is 0 Å². The third kappa shape index (κ3) is 2.76. The molecule has 1 aromatic carbocycles. The average Bonchev–Trinajstić information content (AvgIpc) is 3.18. The molecule has 1 aliphatic rings. The number of hydrogen-bond donors (Lipinski definition) is 0. The quantitative estimate of drug-likeness (QED) is 0.653. The number of para-hydroxylation sites is 1. The lowest BCUT2D eigenvalue weighted by molar-refractivity contribution is 0.829. The number of hydrogen-bond acceptors (Lipinski definition) is 6. The molecule has 0 saturated heterocycles. The average molecular weight is 350 g/mol. The van der Waals surface area contributed by atoms with Crippen LogP contribution in [0.5, 0.6) is 0 Å². The van der Waals surface area contributed by atoms with E-state index in [9.17, 15) is 0 Å². The van der Waals surface area contributed by atoms with Crippen molar-refractivity contribution in [1.82, 2.24) is 24.4 Å². The summed E-state index contributed by atoms with van der Waals surface area (Å²) in [5.74, 6) is 2.23. The molecule has 0 N–H and O–H groups in total. The highest BCUT2D eigenvalue weighted by atomic mass is 35.5. The second-order valence-corrected chi connectivity index (χ2v) is 7.37. The molecule has 0 spiro atoms. The summed E-state index contributed by atoms with van der Waals surface area (Å²) in [6.45, 7) is 0. The zero-order valence-electron chi connectivity index (χ0n) is 11.5. The zero-order chi connectivity index (χ0) is 14.9. The van der Waals surface area contributed by atoms with Crippen molar-refractivity contribution >= 4 is 34.9 Å². The maximum Gasteiger partial charge on any atom is 0.196 e. The molecule has 8 heteroatoms. The van der Waals surface area contributed by atoms with Gasteiger partial charge in [-0.2, -0.15) is 0 Å². The number of nitrogens with zero attached hydrogens (tertiary/aromatic N) is 5. The minimum absolute atomic E-state index is 0.534. The van der Waals surface area contributed by atoms with Gasteiger partial charge in [-0.15, -0.1) is 15.3 Å². The summed E-state index contributed by atoms with van der Waals surface area (Å²) in [6, 6.07) is 10.2. The van der Waals surface area contributed by atoms with Gasteiger partial charge >= 0.3 is 0 Å². The first kappa shape index (κ1) is 14.2. The van der Waals surface area contributed by atoms with Crippen LogP contribution in [0.25, 0.3) is 5.69 Å². The summed E-state index contributed by atoms with van der Waals surface area (Å²) in [6.07, 6.45) is 2.38. The number of aromatic nitrogens is 5. The van der Waals surface area contributed by atoms with E-state index in [1.54, 1.807) is 11.8 Å². The number of benzene rings is 1. The lowest BCUT2D eigenvalue weighted by Gasteiger charge is -2.09. The smallest absolute Gasteiger partial charge is 0.196 e. The highest BCUT2D eigenvalue weighted by molar-refractivity contribution is 7.98. The van der Waals surface area contributed by atoms with Gasteiger partial charge in [-0.05, 0) is 25.0 Å². The summed E-state index contributed by atoms with van der Waals surface area (Å²) in [7, 11) is 0. The summed E-state index contributed by atoms with van der Waals surface area (Å²) in [5.41, 5.74) is 1.90. The Morgan fingerprint density at radius 1 is 1.18 bits per heavy atom. The maximum atomic E-state index is 6.07. The van der Waals surface area contributed by atoms with E-state index in [1.165, 1.54) is 24.4 Å². The van der Waals surface area contributed by atoms with E-state index >= 15 is 0 Å². The standard InChI is InChI=1S/C14H12ClN5S2/c15-12-11(16-19-22-12)8-21-14-18-17-13(9-6-7-9)20(14)10-4-2-1-3-5-10/h1-5,9H,6-8H2. The molecule has 4 rings (SSSR count). The topological polar surface area (TPSA) is 56.5 Å². The molecule has 0 bridgehead atoms. The first-order chi connectivity index (χ1) is 10.8. The number of rotatable bonds is 5. The summed E-state index contributed by atoms with van der Waals surface area (Å²) in [4.78, 5) is 0. The van der Waals surface area contributed by atoms with E-state index in [4.69, 9.17) is 11.6 Å². The number of thioether (sulfide) groups is 1. The molecule has 0 atom stereocenters. The van der Waals surface area contributed by atoms with E-state index < -0.39 is 0 Å². The largest absolute Gasteiger partial charge is 0.274 e. The fourth-order valence-electron chi connectivity index (χ4n) is 2.22. The minimum atomic E-state index is 0.534. The Morgan fingerprint density at radius 3 is 2.68 bits per heavy atom. The van der Waals surface area contributed by atoms with Gasteiger partial charge in [0.15, 0.2) is 5.16 Å². The molecule has 1 saturated carbocycles. The van der Waals surface area contributed by atoms with Crippen LogP contribution in [0.2, 0.25) is 4.34 Å². The fraction of sp³-hybridized carbons (Fsp3) is 0.286. The van der Waals surface area contributed by atoms with Crippen molar-refractivity contribution in [2.45, 2.75) is 29.7 Å². The van der Waals surface area contributed by atoms with Crippen LogP contribution >= 0.6 is 34.9 Å². The molecule has 22 heavy (non-hydrogen) atoms. The minimum Gasteiger partial charge on any atom is -0.274 e. The molecule has 0 radical (unpaired) electrons. The van der Waals surface area contributed by atoms with Crippen LogP contribution in [-0.2, 0) is 5.75 Å². The van der Waals surface area contributed by atoms with Crippen LogP contribution in [-0.4, -0.2) is 24.4 Å². The molecule has 0 aliphatic heterocycles. The van der Waals surface area contributed by atoms with Gasteiger partial charge < -0.3 is 0 Å². The highest BCUT2D eigenvalue weighted by Crippen LogP contribution is 2.41. The Labute approximate surface area is 140 Å². The van der Waals surface area contributed by atoms with E-state index in [2.05, 4.69) is 36.5 Å². The fourth-order valence-corrected chi connectivity index (χ4v) is 3.91. The Kier molecular flexibility index (Phi) is 3.85. The summed E-state index contributed by atoms with van der Waals surface area (Å²) < 4.78 is 6.65. The van der Waals surface area contributed by atoms with Crippen molar-refractivity contribution in [3.8, 4) is 5.69 Å². The van der Waals surface area contributed by atoms with Crippen molar-refractivity contribution in [3.63, 3.8) is 0 Å². The predicted octanol–water partition coefficient (Wildman–Crippen LogP) is 3.94. The highest BCUT2D eigenvalue weighted by Gasteiger charge is 2.31. The zero-order valence-corrected chi connectivity index (χ0v) is 13.9. The second-order valence-electron chi connectivity index (χ2n) is 5.07. The Hall–Kier alpha value is -1.44. The van der Waals surface area contributed by atoms with E-state index in [1.807, 2.05) is 18.2 Å². The molecule has 0 amide bonds. The van der Waals surface area contributed by atoms with Crippen molar-refractivity contribution in [3.05, 3.63) is 46.2 Å². The molecule has 1 fully saturated rings. The van der Waals surface area contributed by atoms with Gasteiger partial charge in [0.1, 0.15) is 15.9 Å². The van der Waals surface area contributed by atoms with Crippen LogP contribution < -0.4 is 0 Å². The molecule has 2 heterocycles. The van der Waals surface area contributed by atoms with Gasteiger partial charge in [-0.3, -0.25) is 4.57 Å². The summed E-state index contributed by atoms with van der Waals surface area (Å²) in [5, 5.41) is 13.7. The maximum absolute atomic E-state index is 6.07. The lowest BCUT2D eigenvalue weighted by Crippen LogP contribution is -2.01. The van der Waals surface area contributed by atoms with Crippen molar-refractivity contribution < 1.29 is 0 Å². The van der Waals surface area contributed by atoms with Gasteiger partial charge in [-0.25, -0.2) is 0 Å². The molecule has 0 unspecified atom stereocenters. The third-order valence-electron chi connectivity index (χ3n) is 3.46. The molecule has 1 aliphatic carbocycles. The molecule has 2 aromatic heterocycles. The van der Waals surface area contributed by atoms with Crippen LogP contribution in [0.15, 0.2) is 35.5 Å². The molecule has 3 aromatic rings. The first-order valence-electron chi connectivity index (χ1n) is 6.93. The molecular weight excluding hydrogens is 338 g/mol. The summed E-state index contributed by atoms with van der Waals surface area (Å²) >= 11 is 8.86. The number of halogens is 1. The molecule has 5 nitrogen and oxygen atoms in total. The lowest BCUT2D eigenvalue weighted by atomic mass is 10.3. The Balaban J connectivity index is 1.66.